The van der Waals surface area contributed by atoms with Crippen LogP contribution in [0, 0.1) is 10.1 Å². The number of methoxy groups -OCH3 is 1. The number of hydrogen-bond donors (Lipinski definition) is 1. The molecule has 0 aliphatic heterocycles. The minimum atomic E-state index is -1.00. The van der Waals surface area contributed by atoms with Gasteiger partial charge >= 0.3 is 11.7 Å². The fraction of sp³-hybridized carbons (Fsp3) is 0.0833. The molecule has 108 valence electrons. The van der Waals surface area contributed by atoms with Gasteiger partial charge in [0.05, 0.1) is 12.0 Å². The Balaban J connectivity index is 2.14. The molecule has 1 aromatic heterocycles. The minimum Gasteiger partial charge on any atom is -0.494 e. The van der Waals surface area contributed by atoms with Crippen molar-refractivity contribution >= 4 is 17.3 Å². The van der Waals surface area contributed by atoms with E-state index in [1.165, 1.54) is 7.11 Å². The molecule has 0 aliphatic carbocycles. The Kier molecular flexibility index (Phi) is 4.24. The van der Waals surface area contributed by atoms with Crippen LogP contribution in [0.2, 0.25) is 0 Å². The molecule has 2 aromatic rings. The van der Waals surface area contributed by atoms with Crippen molar-refractivity contribution in [2.24, 2.45) is 0 Å². The summed E-state index contributed by atoms with van der Waals surface area (Å²) in [6.07, 6.45) is 1.94. The van der Waals surface area contributed by atoms with Crippen LogP contribution >= 0.6 is 0 Å². The van der Waals surface area contributed by atoms with Crippen LogP contribution in [0.5, 0.6) is 5.75 Å². The van der Waals surface area contributed by atoms with E-state index in [4.69, 9.17) is 9.57 Å². The van der Waals surface area contributed by atoms with Crippen LogP contribution in [0.3, 0.4) is 0 Å². The van der Waals surface area contributed by atoms with E-state index < -0.39 is 22.3 Å². The van der Waals surface area contributed by atoms with Gasteiger partial charge in [-0.3, -0.25) is 10.1 Å². The fourth-order valence-electron chi connectivity index (χ4n) is 1.49. The highest BCUT2D eigenvalue weighted by atomic mass is 16.7. The van der Waals surface area contributed by atoms with Crippen LogP contribution in [0.15, 0.2) is 36.8 Å². The summed E-state index contributed by atoms with van der Waals surface area (Å²) in [6.45, 7) is 0. The van der Waals surface area contributed by atoms with Crippen molar-refractivity contribution in [1.29, 1.82) is 0 Å². The maximum Gasteiger partial charge on any atom is 0.388 e. The van der Waals surface area contributed by atoms with E-state index in [1.54, 1.807) is 24.3 Å². The van der Waals surface area contributed by atoms with Crippen LogP contribution in [-0.4, -0.2) is 28.0 Å². The Morgan fingerprint density at radius 2 is 2.14 bits per heavy atom. The van der Waals surface area contributed by atoms with E-state index in [0.29, 0.717) is 11.4 Å². The van der Waals surface area contributed by atoms with Gasteiger partial charge in [0.2, 0.25) is 5.69 Å². The molecule has 9 heteroatoms. The minimum absolute atomic E-state index is 0.394. The normalized spacial score (nSPS) is 9.76. The number of benzene rings is 1. The Bertz CT molecular complexity index is 676. The predicted molar refractivity (Wildman–Crippen MR) is 70.7 cm³/mol. The van der Waals surface area contributed by atoms with Gasteiger partial charge in [0, 0.05) is 0 Å². The van der Waals surface area contributed by atoms with Crippen LogP contribution in [0.1, 0.15) is 10.5 Å². The van der Waals surface area contributed by atoms with Gasteiger partial charge in [-0.25, -0.2) is 20.2 Å². The third kappa shape index (κ3) is 3.21. The molecule has 1 N–H and O–H groups in total. The number of carbonyl (C=O) groups is 1. The van der Waals surface area contributed by atoms with Gasteiger partial charge < -0.3 is 9.57 Å². The Hall–Kier alpha value is -3.23. The lowest BCUT2D eigenvalue weighted by Crippen LogP contribution is -2.15. The second-order valence-corrected chi connectivity index (χ2v) is 3.71. The molecule has 2 rings (SSSR count). The average Bonchev–Trinajstić information content (AvgIpc) is 2.52. The van der Waals surface area contributed by atoms with Crippen LogP contribution in [0.25, 0.3) is 0 Å². The number of nitro groups is 1. The number of nitrogens with zero attached hydrogens (tertiary/aromatic N) is 3. The Morgan fingerprint density at radius 3 is 2.86 bits per heavy atom. The van der Waals surface area contributed by atoms with E-state index in [1.807, 2.05) is 0 Å². The van der Waals surface area contributed by atoms with Gasteiger partial charge in [0.1, 0.15) is 24.0 Å². The van der Waals surface area contributed by atoms with Crippen molar-refractivity contribution in [1.82, 2.24) is 9.97 Å². The molecule has 0 atom stereocenters. The highest BCUT2D eigenvalue weighted by Gasteiger charge is 2.24. The smallest absolute Gasteiger partial charge is 0.388 e. The van der Waals surface area contributed by atoms with Crippen LogP contribution in [-0.2, 0) is 4.84 Å². The van der Waals surface area contributed by atoms with E-state index >= 15 is 0 Å². The molecule has 0 unspecified atom stereocenters. The molecule has 0 amide bonds. The van der Waals surface area contributed by atoms with E-state index in [-0.39, 0.29) is 0 Å². The van der Waals surface area contributed by atoms with Crippen molar-refractivity contribution in [3.05, 3.63) is 52.6 Å². The average molecular weight is 290 g/mol. The summed E-state index contributed by atoms with van der Waals surface area (Å²) in [6, 6.07) is 6.71. The van der Waals surface area contributed by atoms with E-state index in [9.17, 15) is 14.9 Å². The first-order valence-corrected chi connectivity index (χ1v) is 5.68. The van der Waals surface area contributed by atoms with Crippen LogP contribution in [0.4, 0.5) is 11.4 Å². The first kappa shape index (κ1) is 14.2. The molecule has 0 saturated heterocycles. The highest BCUT2D eigenvalue weighted by Crippen LogP contribution is 2.23. The molecule has 0 spiro atoms. The molecular weight excluding hydrogens is 280 g/mol. The molecule has 1 aromatic carbocycles. The molecular formula is C12H10N4O5. The van der Waals surface area contributed by atoms with Gasteiger partial charge in [-0.15, -0.1) is 0 Å². The predicted octanol–water partition coefficient (Wildman–Crippen LogP) is 1.58. The molecule has 0 fully saturated rings. The zero-order valence-corrected chi connectivity index (χ0v) is 10.8. The van der Waals surface area contributed by atoms with Gasteiger partial charge in [-0.1, -0.05) is 12.1 Å². The highest BCUT2D eigenvalue weighted by molar-refractivity contribution is 5.91. The summed E-state index contributed by atoms with van der Waals surface area (Å²) in [5, 5.41) is 10.8. The maximum atomic E-state index is 11.8. The first-order valence-electron chi connectivity index (χ1n) is 5.68. The van der Waals surface area contributed by atoms with Gasteiger partial charge in [-0.05, 0) is 12.1 Å². The van der Waals surface area contributed by atoms with Crippen molar-refractivity contribution in [3.63, 3.8) is 0 Å². The number of carbonyl (C=O) groups excluding carboxylic acids is 1. The quantitative estimate of drug-likeness (QED) is 0.651. The summed E-state index contributed by atoms with van der Waals surface area (Å²) in [4.78, 5) is 33.7. The largest absolute Gasteiger partial charge is 0.494 e. The second-order valence-electron chi connectivity index (χ2n) is 3.71. The Morgan fingerprint density at radius 1 is 1.38 bits per heavy atom. The summed E-state index contributed by atoms with van der Waals surface area (Å²) in [7, 11) is 1.46. The maximum absolute atomic E-state index is 11.8. The van der Waals surface area contributed by atoms with Crippen LogP contribution < -0.4 is 10.2 Å². The molecule has 0 bridgehead atoms. The standard InChI is InChI=1S/C12H10N4O5/c1-20-10-5-3-2-4-8(10)15-21-12(17)11-9(16(18)19)6-13-7-14-11/h2-7,15H,1H3. The van der Waals surface area contributed by atoms with Crippen molar-refractivity contribution in [3.8, 4) is 5.75 Å². The number of para-hydroxylation sites is 2. The van der Waals surface area contributed by atoms with Gasteiger partial charge in [0.15, 0.2) is 0 Å². The van der Waals surface area contributed by atoms with Gasteiger partial charge in [0.25, 0.3) is 0 Å². The molecule has 9 nitrogen and oxygen atoms in total. The topological polar surface area (TPSA) is 116 Å². The first-order chi connectivity index (χ1) is 10.1. The number of anilines is 1. The number of hydrogen-bond acceptors (Lipinski definition) is 8. The lowest BCUT2D eigenvalue weighted by atomic mass is 10.3. The van der Waals surface area contributed by atoms with Crippen molar-refractivity contribution in [2.45, 2.75) is 0 Å². The fourth-order valence-corrected chi connectivity index (χ4v) is 1.49. The summed E-state index contributed by atoms with van der Waals surface area (Å²) in [5.41, 5.74) is 1.78. The monoisotopic (exact) mass is 290 g/mol. The van der Waals surface area contributed by atoms with Crippen molar-refractivity contribution < 1.29 is 19.3 Å². The molecule has 0 aliphatic rings. The zero-order valence-electron chi connectivity index (χ0n) is 10.8. The molecule has 0 saturated carbocycles. The van der Waals surface area contributed by atoms with E-state index in [2.05, 4.69) is 15.4 Å². The third-order valence-electron chi connectivity index (χ3n) is 2.44. The number of aromatic nitrogens is 2. The summed E-state index contributed by atoms with van der Waals surface area (Å²) >= 11 is 0. The third-order valence-corrected chi connectivity index (χ3v) is 2.44. The molecule has 0 radical (unpaired) electrons. The van der Waals surface area contributed by atoms with E-state index in [0.717, 1.165) is 12.5 Å². The SMILES string of the molecule is COc1ccccc1NOC(=O)c1ncncc1[N+](=O)[O-]. The lowest BCUT2D eigenvalue weighted by Gasteiger charge is -2.09. The number of nitrogens with one attached hydrogen (secondary N) is 1. The summed E-state index contributed by atoms with van der Waals surface area (Å²) in [5.74, 6) is -0.558. The molecule has 21 heavy (non-hydrogen) atoms. The van der Waals surface area contributed by atoms with Crippen molar-refractivity contribution in [2.75, 3.05) is 12.6 Å². The Labute approximate surface area is 118 Å². The second kappa shape index (κ2) is 6.28. The number of ether oxygens (including phenoxy) is 1. The molecule has 1 heterocycles. The lowest BCUT2D eigenvalue weighted by molar-refractivity contribution is -0.385. The van der Waals surface area contributed by atoms with Gasteiger partial charge in [-0.2, -0.15) is 0 Å². The number of rotatable bonds is 5. The zero-order chi connectivity index (χ0) is 15.2. The summed E-state index contributed by atoms with van der Waals surface area (Å²) < 4.78 is 5.06.